The van der Waals surface area contributed by atoms with E-state index in [1.165, 1.54) is 4.68 Å². The van der Waals surface area contributed by atoms with Crippen molar-refractivity contribution in [2.24, 2.45) is 5.92 Å². The average Bonchev–Trinajstić information content (AvgIpc) is 2.33. The van der Waals surface area contributed by atoms with E-state index >= 15 is 0 Å². The minimum absolute atomic E-state index is 0.0879. The van der Waals surface area contributed by atoms with Crippen LogP contribution in [0.5, 0.6) is 0 Å². The predicted molar refractivity (Wildman–Crippen MR) is 82.8 cm³/mol. The van der Waals surface area contributed by atoms with Crippen molar-refractivity contribution in [2.45, 2.75) is 40.3 Å². The lowest BCUT2D eigenvalue weighted by Crippen LogP contribution is -2.35. The van der Waals surface area contributed by atoms with Gasteiger partial charge in [0.1, 0.15) is 4.47 Å². The summed E-state index contributed by atoms with van der Waals surface area (Å²) >= 11 is 3.25. The predicted octanol–water partition coefficient (Wildman–Crippen LogP) is 1.60. The number of hydrogen-bond donors (Lipinski definition) is 2. The van der Waals surface area contributed by atoms with Crippen LogP contribution in [0.4, 0.5) is 5.69 Å². The topological polar surface area (TPSA) is 76.0 Å². The van der Waals surface area contributed by atoms with Crippen molar-refractivity contribution in [3.8, 4) is 0 Å². The van der Waals surface area contributed by atoms with Crippen LogP contribution in [0.25, 0.3) is 0 Å². The first-order valence-electron chi connectivity index (χ1n) is 6.60. The fourth-order valence-electron chi connectivity index (χ4n) is 1.61. The molecule has 0 bridgehead atoms. The van der Waals surface area contributed by atoms with E-state index in [1.807, 2.05) is 27.7 Å². The summed E-state index contributed by atoms with van der Waals surface area (Å²) in [5.41, 5.74) is 0.321. The summed E-state index contributed by atoms with van der Waals surface area (Å²) in [5.74, 6) is 0.209. The van der Waals surface area contributed by atoms with E-state index in [2.05, 4.69) is 31.7 Å². The molecule has 1 aromatic rings. The molecule has 112 valence electrons. The second-order valence-corrected chi connectivity index (χ2v) is 6.12. The van der Waals surface area contributed by atoms with Crippen LogP contribution in [0.1, 0.15) is 27.7 Å². The SMILES string of the molecule is CC(C)Cn1ncc(NCC(=O)NC(C)C)c(Br)c1=O. The van der Waals surface area contributed by atoms with Gasteiger partial charge in [-0.05, 0) is 35.7 Å². The summed E-state index contributed by atoms with van der Waals surface area (Å²) < 4.78 is 1.80. The zero-order valence-electron chi connectivity index (χ0n) is 12.2. The van der Waals surface area contributed by atoms with E-state index in [1.54, 1.807) is 6.20 Å². The number of amides is 1. The van der Waals surface area contributed by atoms with Crippen LogP contribution in [0, 0.1) is 5.92 Å². The third-order valence-electron chi connectivity index (χ3n) is 2.41. The summed E-state index contributed by atoms with van der Waals surface area (Å²) in [6, 6.07) is 0.0879. The molecular weight excluding hydrogens is 324 g/mol. The monoisotopic (exact) mass is 344 g/mol. The highest BCUT2D eigenvalue weighted by Crippen LogP contribution is 2.15. The molecular formula is C13H21BrN4O2. The maximum atomic E-state index is 12.1. The van der Waals surface area contributed by atoms with Gasteiger partial charge in [-0.1, -0.05) is 13.8 Å². The van der Waals surface area contributed by atoms with Gasteiger partial charge in [0.15, 0.2) is 0 Å². The van der Waals surface area contributed by atoms with Gasteiger partial charge < -0.3 is 10.6 Å². The zero-order valence-corrected chi connectivity index (χ0v) is 13.8. The van der Waals surface area contributed by atoms with E-state index in [4.69, 9.17) is 0 Å². The van der Waals surface area contributed by atoms with Crippen molar-refractivity contribution in [3.05, 3.63) is 21.0 Å². The molecule has 7 heteroatoms. The van der Waals surface area contributed by atoms with Gasteiger partial charge in [-0.2, -0.15) is 5.10 Å². The standard InChI is InChI=1S/C13H21BrN4O2/c1-8(2)7-18-13(20)12(14)10(5-16-18)15-6-11(19)17-9(3)4/h5,8-9,15H,6-7H2,1-4H3,(H,17,19). The van der Waals surface area contributed by atoms with Gasteiger partial charge >= 0.3 is 0 Å². The number of anilines is 1. The first-order valence-corrected chi connectivity index (χ1v) is 7.39. The molecule has 0 aliphatic carbocycles. The van der Waals surface area contributed by atoms with Gasteiger partial charge in [0.25, 0.3) is 5.56 Å². The summed E-state index contributed by atoms with van der Waals surface area (Å²) in [6.45, 7) is 8.48. The van der Waals surface area contributed by atoms with Crippen molar-refractivity contribution in [1.29, 1.82) is 0 Å². The van der Waals surface area contributed by atoms with Crippen molar-refractivity contribution < 1.29 is 4.79 Å². The van der Waals surface area contributed by atoms with Crippen molar-refractivity contribution in [2.75, 3.05) is 11.9 Å². The summed E-state index contributed by atoms with van der Waals surface area (Å²) in [5, 5.41) is 9.77. The molecule has 0 fully saturated rings. The lowest BCUT2D eigenvalue weighted by molar-refractivity contribution is -0.119. The molecule has 0 unspecified atom stereocenters. The molecule has 0 saturated carbocycles. The van der Waals surface area contributed by atoms with Crippen LogP contribution in [-0.2, 0) is 11.3 Å². The average molecular weight is 345 g/mol. The van der Waals surface area contributed by atoms with Crippen molar-refractivity contribution in [3.63, 3.8) is 0 Å². The molecule has 0 saturated heterocycles. The fourth-order valence-corrected chi connectivity index (χ4v) is 2.06. The maximum absolute atomic E-state index is 12.1. The minimum Gasteiger partial charge on any atom is -0.374 e. The quantitative estimate of drug-likeness (QED) is 0.821. The van der Waals surface area contributed by atoms with Crippen LogP contribution >= 0.6 is 15.9 Å². The maximum Gasteiger partial charge on any atom is 0.283 e. The Morgan fingerprint density at radius 1 is 1.40 bits per heavy atom. The number of nitrogens with one attached hydrogen (secondary N) is 2. The summed E-state index contributed by atoms with van der Waals surface area (Å²) in [7, 11) is 0. The van der Waals surface area contributed by atoms with E-state index in [0.29, 0.717) is 22.6 Å². The number of nitrogens with zero attached hydrogens (tertiary/aromatic N) is 2. The van der Waals surface area contributed by atoms with Gasteiger partial charge in [0.05, 0.1) is 18.4 Å². The molecule has 2 N–H and O–H groups in total. The number of rotatable bonds is 6. The Kier molecular flexibility index (Phi) is 6.19. The van der Waals surface area contributed by atoms with Crippen LogP contribution in [0.2, 0.25) is 0 Å². The number of aromatic nitrogens is 2. The van der Waals surface area contributed by atoms with Crippen LogP contribution < -0.4 is 16.2 Å². The highest BCUT2D eigenvalue weighted by Gasteiger charge is 2.11. The highest BCUT2D eigenvalue weighted by atomic mass is 79.9. The normalized spacial score (nSPS) is 10.9. The molecule has 1 heterocycles. The minimum atomic E-state index is -0.201. The lowest BCUT2D eigenvalue weighted by Gasteiger charge is -2.12. The van der Waals surface area contributed by atoms with Crippen LogP contribution in [0.3, 0.4) is 0 Å². The molecule has 20 heavy (non-hydrogen) atoms. The van der Waals surface area contributed by atoms with Crippen molar-refractivity contribution >= 4 is 27.5 Å². The third kappa shape index (κ3) is 4.96. The number of carbonyl (C=O) groups excluding carboxylic acids is 1. The highest BCUT2D eigenvalue weighted by molar-refractivity contribution is 9.10. The van der Waals surface area contributed by atoms with Gasteiger partial charge in [0, 0.05) is 12.6 Å². The first-order chi connectivity index (χ1) is 9.31. The lowest BCUT2D eigenvalue weighted by atomic mass is 10.2. The first kappa shape index (κ1) is 16.7. The number of halogens is 1. The Balaban J connectivity index is 2.76. The number of carbonyl (C=O) groups is 1. The molecule has 6 nitrogen and oxygen atoms in total. The molecule has 1 rings (SSSR count). The molecule has 0 spiro atoms. The van der Waals surface area contributed by atoms with Crippen LogP contribution in [-0.4, -0.2) is 28.3 Å². The van der Waals surface area contributed by atoms with Gasteiger partial charge in [-0.15, -0.1) is 0 Å². The van der Waals surface area contributed by atoms with Gasteiger partial charge in [0.2, 0.25) is 5.91 Å². The van der Waals surface area contributed by atoms with E-state index < -0.39 is 0 Å². The van der Waals surface area contributed by atoms with E-state index in [9.17, 15) is 9.59 Å². The molecule has 0 radical (unpaired) electrons. The molecule has 1 aromatic heterocycles. The van der Waals surface area contributed by atoms with Crippen LogP contribution in [0.15, 0.2) is 15.5 Å². The number of hydrogen-bond acceptors (Lipinski definition) is 4. The Labute approximate surface area is 127 Å². The Morgan fingerprint density at radius 3 is 2.60 bits per heavy atom. The van der Waals surface area contributed by atoms with E-state index in [-0.39, 0.29) is 24.1 Å². The molecule has 0 aliphatic rings. The Hall–Kier alpha value is -1.37. The zero-order chi connectivity index (χ0) is 15.3. The molecule has 0 aliphatic heterocycles. The van der Waals surface area contributed by atoms with E-state index in [0.717, 1.165) is 0 Å². The Morgan fingerprint density at radius 2 is 2.05 bits per heavy atom. The van der Waals surface area contributed by atoms with Gasteiger partial charge in [-0.25, -0.2) is 4.68 Å². The largest absolute Gasteiger partial charge is 0.374 e. The molecule has 0 atom stereocenters. The summed E-state index contributed by atoms with van der Waals surface area (Å²) in [4.78, 5) is 23.6. The van der Waals surface area contributed by atoms with Gasteiger partial charge in [-0.3, -0.25) is 9.59 Å². The fraction of sp³-hybridized carbons (Fsp3) is 0.615. The second-order valence-electron chi connectivity index (χ2n) is 5.33. The summed E-state index contributed by atoms with van der Waals surface area (Å²) in [6.07, 6.45) is 1.55. The smallest absolute Gasteiger partial charge is 0.283 e. The third-order valence-corrected chi connectivity index (χ3v) is 3.18. The second kappa shape index (κ2) is 7.42. The molecule has 1 amide bonds. The van der Waals surface area contributed by atoms with Crippen molar-refractivity contribution in [1.82, 2.24) is 15.1 Å². The Bertz CT molecular complexity index is 526. The molecule has 0 aromatic carbocycles.